The first-order valence-corrected chi connectivity index (χ1v) is 23.8. The van der Waals surface area contributed by atoms with Gasteiger partial charge in [-0.15, -0.1) is 21.5 Å². The second-order valence-electron chi connectivity index (χ2n) is 19.2. The lowest BCUT2D eigenvalue weighted by atomic mass is 9.85. The molecule has 3 fully saturated rings. The number of aliphatic hydroxyl groups is 1. The molecular formula is C50H60FN9O6S. The number of anilines is 2. The van der Waals surface area contributed by atoms with E-state index in [9.17, 15) is 29.0 Å². The molecule has 17 heteroatoms. The number of aryl methyl sites for hydroxylation is 1. The summed E-state index contributed by atoms with van der Waals surface area (Å²) in [6, 6.07) is 21.3. The van der Waals surface area contributed by atoms with E-state index in [1.807, 2.05) is 43.3 Å². The van der Waals surface area contributed by atoms with Crippen molar-refractivity contribution in [2.75, 3.05) is 50.0 Å². The van der Waals surface area contributed by atoms with Gasteiger partial charge in [0.05, 0.1) is 40.2 Å². The number of piperazine rings is 1. The SMILES string of the molecule is Cc1ncsc1-c1ccc(CNC(=O)[C@@H]2C[C@@H](O)CN2C(=O)[C@@H](NC(=O)C2(F)CC2)C(C)(C)C)c(OCC(C)c2ccc(CN3CCN(c4cc(-c5ccccc5O)nnc4N)CC3)cc2)c1. The number of hydrogen-bond acceptors (Lipinski definition) is 13. The molecule has 6 N–H and O–H groups in total. The summed E-state index contributed by atoms with van der Waals surface area (Å²) < 4.78 is 21.2. The topological polar surface area (TPSA) is 199 Å². The number of β-amino-alcohol motifs (C(OH)–C–C–N with tert-alkyl or cyclic N) is 1. The van der Waals surface area contributed by atoms with E-state index in [1.54, 1.807) is 38.4 Å². The van der Waals surface area contributed by atoms with Crippen LogP contribution in [0.1, 0.15) is 75.3 Å². The maximum atomic E-state index is 14.7. The first-order chi connectivity index (χ1) is 32.0. The molecule has 8 rings (SSSR count). The minimum atomic E-state index is -1.97. The first-order valence-electron chi connectivity index (χ1n) is 22.9. The van der Waals surface area contributed by atoms with E-state index >= 15 is 0 Å². The zero-order valence-corrected chi connectivity index (χ0v) is 39.5. The number of para-hydroxylation sites is 1. The van der Waals surface area contributed by atoms with E-state index in [0.717, 1.165) is 65.7 Å². The van der Waals surface area contributed by atoms with Crippen molar-refractivity contribution < 1.29 is 33.7 Å². The Hall–Kier alpha value is -6.17. The Labute approximate surface area is 394 Å². The van der Waals surface area contributed by atoms with Gasteiger partial charge in [0.25, 0.3) is 5.91 Å². The average molecular weight is 934 g/mol. The summed E-state index contributed by atoms with van der Waals surface area (Å²) in [7, 11) is 0. The highest BCUT2D eigenvalue weighted by atomic mass is 32.1. The number of hydrogen-bond donors (Lipinski definition) is 5. The molecule has 67 heavy (non-hydrogen) atoms. The van der Waals surface area contributed by atoms with Gasteiger partial charge in [0, 0.05) is 69.3 Å². The highest BCUT2D eigenvalue weighted by Crippen LogP contribution is 2.41. The smallest absolute Gasteiger partial charge is 0.258 e. The van der Waals surface area contributed by atoms with Gasteiger partial charge in [0.2, 0.25) is 11.8 Å². The number of alkyl halides is 1. The molecule has 0 radical (unpaired) electrons. The number of benzene rings is 3. The first kappa shape index (κ1) is 47.3. The van der Waals surface area contributed by atoms with E-state index in [0.29, 0.717) is 29.4 Å². The number of carbonyl (C=O) groups excluding carboxylic acids is 3. The number of amides is 3. The zero-order chi connectivity index (χ0) is 47.6. The Morgan fingerprint density at radius 2 is 1.75 bits per heavy atom. The minimum Gasteiger partial charge on any atom is -0.507 e. The van der Waals surface area contributed by atoms with E-state index in [-0.39, 0.29) is 44.0 Å². The van der Waals surface area contributed by atoms with Crippen LogP contribution >= 0.6 is 11.3 Å². The third-order valence-corrected chi connectivity index (χ3v) is 14.0. The molecular weight excluding hydrogens is 874 g/mol. The number of nitrogens with zero attached hydrogens (tertiary/aromatic N) is 6. The molecule has 2 saturated heterocycles. The van der Waals surface area contributed by atoms with Crippen LogP contribution in [0.15, 0.2) is 78.3 Å². The molecule has 354 valence electrons. The lowest BCUT2D eigenvalue weighted by Gasteiger charge is -2.36. The maximum Gasteiger partial charge on any atom is 0.258 e. The number of nitrogens with two attached hydrogens (primary N) is 1. The summed E-state index contributed by atoms with van der Waals surface area (Å²) in [6.07, 6.45) is -0.700. The second kappa shape index (κ2) is 19.6. The van der Waals surface area contributed by atoms with Crippen molar-refractivity contribution in [2.45, 2.75) is 96.7 Å². The standard InChI is InChI=1S/C50H60FN9O6S/c1-30(33-12-10-32(11-13-33)26-58-18-20-59(21-19-58)39-24-38(56-57-45(39)52)37-8-6-7-9-41(37)62)28-66-42-22-34(43-31(2)54-29-67-43)14-15-35(42)25-53-46(63)40-23-36(61)27-60(40)47(64)44(49(3,4)5)55-48(65)50(51)16-17-50/h6-15,22,24,29-30,36,40,44,61-62H,16-21,23,25-28H2,1-5H3,(H2,52,57)(H,53,63)(H,55,65)/t30?,36-,40+,44-/m1/s1. The summed E-state index contributed by atoms with van der Waals surface area (Å²) in [5.41, 5.74) is 12.2. The van der Waals surface area contributed by atoms with Crippen LogP contribution < -0.4 is 26.0 Å². The van der Waals surface area contributed by atoms with Gasteiger partial charge in [-0.25, -0.2) is 9.37 Å². The number of aliphatic hydroxyl groups excluding tert-OH is 1. The molecule has 2 aromatic heterocycles. The van der Waals surface area contributed by atoms with E-state index in [2.05, 4.69) is 66.8 Å². The maximum absolute atomic E-state index is 14.7. The lowest BCUT2D eigenvalue weighted by Crippen LogP contribution is -2.59. The van der Waals surface area contributed by atoms with Crippen molar-refractivity contribution in [3.05, 3.63) is 101 Å². The Morgan fingerprint density at radius 3 is 2.42 bits per heavy atom. The fourth-order valence-electron chi connectivity index (χ4n) is 8.71. The third kappa shape index (κ3) is 10.8. The Kier molecular flexibility index (Phi) is 13.8. The number of thiazole rings is 1. The number of phenolic OH excluding ortho intramolecular Hbond substituents is 1. The predicted molar refractivity (Wildman–Crippen MR) is 256 cm³/mol. The van der Waals surface area contributed by atoms with Crippen LogP contribution in [0, 0.1) is 12.3 Å². The number of nitrogen functional groups attached to an aromatic ring is 1. The average Bonchev–Trinajstić information content (AvgIpc) is 3.72. The number of ether oxygens (including phenoxy) is 1. The van der Waals surface area contributed by atoms with Gasteiger partial charge >= 0.3 is 0 Å². The van der Waals surface area contributed by atoms with Crippen LogP contribution in [0.25, 0.3) is 21.7 Å². The number of aromatic hydroxyl groups is 1. The molecule has 0 spiro atoms. The van der Waals surface area contributed by atoms with Gasteiger partial charge in [-0.1, -0.05) is 76.2 Å². The van der Waals surface area contributed by atoms with Gasteiger partial charge in [-0.2, -0.15) is 0 Å². The molecule has 2 aliphatic heterocycles. The summed E-state index contributed by atoms with van der Waals surface area (Å²) in [4.78, 5) is 52.0. The molecule has 3 aliphatic rings. The molecule has 4 heterocycles. The second-order valence-corrected chi connectivity index (χ2v) is 20.0. The van der Waals surface area contributed by atoms with E-state index < -0.39 is 47.0 Å². The molecule has 1 unspecified atom stereocenters. The van der Waals surface area contributed by atoms with Crippen LogP contribution in [-0.4, -0.2) is 116 Å². The van der Waals surface area contributed by atoms with Gasteiger partial charge in [-0.3, -0.25) is 19.3 Å². The molecule has 3 aromatic carbocycles. The van der Waals surface area contributed by atoms with Gasteiger partial charge in [0.1, 0.15) is 23.6 Å². The molecule has 3 amide bonds. The summed E-state index contributed by atoms with van der Waals surface area (Å²) in [5.74, 6) is -0.692. The number of halogens is 1. The predicted octanol–water partition coefficient (Wildman–Crippen LogP) is 5.98. The quantitative estimate of drug-likeness (QED) is 0.0825. The lowest BCUT2D eigenvalue weighted by molar-refractivity contribution is -0.145. The Bertz CT molecular complexity index is 2590. The van der Waals surface area contributed by atoms with Crippen LogP contribution in [0.5, 0.6) is 11.5 Å². The van der Waals surface area contributed by atoms with E-state index in [1.165, 1.54) is 21.8 Å². The van der Waals surface area contributed by atoms with Crippen LogP contribution in [-0.2, 0) is 27.5 Å². The van der Waals surface area contributed by atoms with Gasteiger partial charge in [0.15, 0.2) is 11.5 Å². The zero-order valence-electron chi connectivity index (χ0n) is 38.7. The van der Waals surface area contributed by atoms with Crippen molar-refractivity contribution in [3.8, 4) is 33.2 Å². The molecule has 1 saturated carbocycles. The number of nitrogens with one attached hydrogen (secondary N) is 2. The van der Waals surface area contributed by atoms with Crippen molar-refractivity contribution in [3.63, 3.8) is 0 Å². The fraction of sp³-hybridized carbons (Fsp3) is 0.440. The molecule has 1 aliphatic carbocycles. The van der Waals surface area contributed by atoms with Crippen molar-refractivity contribution in [2.24, 2.45) is 5.41 Å². The third-order valence-electron chi connectivity index (χ3n) is 13.0. The molecule has 0 bridgehead atoms. The van der Waals surface area contributed by atoms with E-state index in [4.69, 9.17) is 10.5 Å². The summed E-state index contributed by atoms with van der Waals surface area (Å²) in [5, 5.41) is 35.1. The number of carbonyl (C=O) groups is 3. The monoisotopic (exact) mass is 933 g/mol. The summed E-state index contributed by atoms with van der Waals surface area (Å²) in [6.45, 7) is 13.7. The molecule has 5 aromatic rings. The summed E-state index contributed by atoms with van der Waals surface area (Å²) >= 11 is 1.53. The number of rotatable bonds is 15. The van der Waals surface area contributed by atoms with Crippen molar-refractivity contribution >= 4 is 40.6 Å². The number of aromatic nitrogens is 3. The van der Waals surface area contributed by atoms with Crippen LogP contribution in [0.3, 0.4) is 0 Å². The normalized spacial score (nSPS) is 19.1. The molecule has 4 atom stereocenters. The van der Waals surface area contributed by atoms with Gasteiger partial charge in [-0.05, 0) is 66.1 Å². The minimum absolute atomic E-state index is 0.0265. The largest absolute Gasteiger partial charge is 0.507 e. The fourth-order valence-corrected chi connectivity index (χ4v) is 9.51. The highest BCUT2D eigenvalue weighted by molar-refractivity contribution is 7.13. The van der Waals surface area contributed by atoms with Crippen molar-refractivity contribution in [1.82, 2.24) is 35.6 Å². The van der Waals surface area contributed by atoms with Crippen LogP contribution in [0.2, 0.25) is 0 Å². The Balaban J connectivity index is 0.888. The number of likely N-dealkylation sites (tertiary alicyclic amines) is 1. The van der Waals surface area contributed by atoms with Gasteiger partial charge < -0.3 is 41.1 Å². The molecule has 15 nitrogen and oxygen atoms in total. The number of phenols is 1. The highest BCUT2D eigenvalue weighted by Gasteiger charge is 2.53. The van der Waals surface area contributed by atoms with Crippen LogP contribution in [0.4, 0.5) is 15.9 Å². The Morgan fingerprint density at radius 1 is 1.01 bits per heavy atom. The van der Waals surface area contributed by atoms with Crippen molar-refractivity contribution in [1.29, 1.82) is 0 Å².